The fraction of sp³-hybridized carbons (Fsp3) is 0.538. The van der Waals surface area contributed by atoms with Gasteiger partial charge in [-0.05, 0) is 26.0 Å². The fourth-order valence-electron chi connectivity index (χ4n) is 2.11. The molecule has 2 heteroatoms. The van der Waals surface area contributed by atoms with Crippen LogP contribution in [0.25, 0.3) is 0 Å². The van der Waals surface area contributed by atoms with E-state index < -0.39 is 0 Å². The highest BCUT2D eigenvalue weighted by Gasteiger charge is 2.24. The van der Waals surface area contributed by atoms with Crippen LogP contribution >= 0.6 is 0 Å². The lowest BCUT2D eigenvalue weighted by Gasteiger charge is -2.31. The molecule has 0 aromatic heterocycles. The summed E-state index contributed by atoms with van der Waals surface area (Å²) in [5.41, 5.74) is 1.31. The van der Waals surface area contributed by atoms with E-state index in [4.69, 9.17) is 4.74 Å². The SMILES string of the molecule is CCCNC1CC(C)Oc2ccccc21. The molecule has 2 unspecified atom stereocenters. The predicted octanol–water partition coefficient (Wildman–Crippen LogP) is 2.90. The smallest absolute Gasteiger partial charge is 0.124 e. The predicted molar refractivity (Wildman–Crippen MR) is 62.2 cm³/mol. The number of nitrogens with one attached hydrogen (secondary N) is 1. The summed E-state index contributed by atoms with van der Waals surface area (Å²) < 4.78 is 5.80. The van der Waals surface area contributed by atoms with E-state index in [-0.39, 0.29) is 0 Å². The summed E-state index contributed by atoms with van der Waals surface area (Å²) in [6.45, 7) is 5.41. The van der Waals surface area contributed by atoms with Crippen molar-refractivity contribution in [2.75, 3.05) is 6.54 Å². The third-order valence-electron chi connectivity index (χ3n) is 2.83. The lowest BCUT2D eigenvalue weighted by molar-refractivity contribution is 0.166. The van der Waals surface area contributed by atoms with Gasteiger partial charge in [-0.3, -0.25) is 0 Å². The van der Waals surface area contributed by atoms with Crippen LogP contribution in [0.3, 0.4) is 0 Å². The van der Waals surface area contributed by atoms with E-state index in [9.17, 15) is 0 Å². The number of fused-ring (bicyclic) bond motifs is 1. The van der Waals surface area contributed by atoms with Crippen molar-refractivity contribution in [1.82, 2.24) is 5.32 Å². The first-order valence-corrected chi connectivity index (χ1v) is 5.80. The second kappa shape index (κ2) is 4.67. The fourth-order valence-corrected chi connectivity index (χ4v) is 2.11. The highest BCUT2D eigenvalue weighted by atomic mass is 16.5. The second-order valence-electron chi connectivity index (χ2n) is 4.21. The van der Waals surface area contributed by atoms with Crippen LogP contribution < -0.4 is 10.1 Å². The number of para-hydroxylation sites is 1. The summed E-state index contributed by atoms with van der Waals surface area (Å²) in [4.78, 5) is 0. The molecule has 0 saturated carbocycles. The molecule has 0 saturated heterocycles. The van der Waals surface area contributed by atoms with Crippen LogP contribution in [-0.4, -0.2) is 12.6 Å². The normalized spacial score (nSPS) is 24.4. The van der Waals surface area contributed by atoms with E-state index in [0.29, 0.717) is 12.1 Å². The minimum absolute atomic E-state index is 0.314. The Balaban J connectivity index is 2.18. The molecular weight excluding hydrogens is 186 g/mol. The highest BCUT2D eigenvalue weighted by molar-refractivity contribution is 5.37. The van der Waals surface area contributed by atoms with Crippen molar-refractivity contribution < 1.29 is 4.74 Å². The van der Waals surface area contributed by atoms with E-state index in [0.717, 1.165) is 18.7 Å². The molecule has 2 atom stereocenters. The van der Waals surface area contributed by atoms with Crippen molar-refractivity contribution in [2.45, 2.75) is 38.8 Å². The van der Waals surface area contributed by atoms with Gasteiger partial charge in [0.05, 0.1) is 6.10 Å². The number of ether oxygens (including phenoxy) is 1. The van der Waals surface area contributed by atoms with E-state index in [2.05, 4.69) is 37.4 Å². The quantitative estimate of drug-likeness (QED) is 0.819. The van der Waals surface area contributed by atoms with Gasteiger partial charge in [0.25, 0.3) is 0 Å². The molecule has 1 aromatic rings. The van der Waals surface area contributed by atoms with Crippen molar-refractivity contribution >= 4 is 0 Å². The molecule has 0 aliphatic carbocycles. The summed E-state index contributed by atoms with van der Waals surface area (Å²) in [5.74, 6) is 1.05. The van der Waals surface area contributed by atoms with Crippen molar-refractivity contribution in [3.8, 4) is 5.75 Å². The first-order valence-electron chi connectivity index (χ1n) is 5.80. The molecule has 0 bridgehead atoms. The zero-order valence-electron chi connectivity index (χ0n) is 9.49. The molecule has 1 aliphatic heterocycles. The third kappa shape index (κ3) is 2.32. The molecule has 0 spiro atoms. The maximum atomic E-state index is 5.80. The molecule has 2 rings (SSSR count). The van der Waals surface area contributed by atoms with Crippen molar-refractivity contribution in [3.05, 3.63) is 29.8 Å². The molecule has 0 radical (unpaired) electrons. The number of benzene rings is 1. The average molecular weight is 205 g/mol. The zero-order chi connectivity index (χ0) is 10.7. The maximum Gasteiger partial charge on any atom is 0.124 e. The van der Waals surface area contributed by atoms with Crippen LogP contribution in [0.1, 0.15) is 38.3 Å². The molecule has 0 fully saturated rings. The Labute approximate surface area is 91.6 Å². The van der Waals surface area contributed by atoms with Crippen molar-refractivity contribution in [1.29, 1.82) is 0 Å². The Morgan fingerprint density at radius 2 is 2.20 bits per heavy atom. The van der Waals surface area contributed by atoms with Gasteiger partial charge in [0.2, 0.25) is 0 Å². The lowest BCUT2D eigenvalue weighted by atomic mass is 9.97. The summed E-state index contributed by atoms with van der Waals surface area (Å²) >= 11 is 0. The van der Waals surface area contributed by atoms with Gasteiger partial charge >= 0.3 is 0 Å². The van der Waals surface area contributed by atoms with Crippen LogP contribution in [0, 0.1) is 0 Å². The van der Waals surface area contributed by atoms with Crippen molar-refractivity contribution in [2.24, 2.45) is 0 Å². The summed E-state index contributed by atoms with van der Waals surface area (Å²) in [6, 6.07) is 8.80. The topological polar surface area (TPSA) is 21.3 Å². The van der Waals surface area contributed by atoms with Crippen LogP contribution in [0.5, 0.6) is 5.75 Å². The molecule has 1 aromatic carbocycles. The van der Waals surface area contributed by atoms with Gasteiger partial charge in [-0.15, -0.1) is 0 Å². The average Bonchev–Trinajstić information content (AvgIpc) is 2.25. The Morgan fingerprint density at radius 3 is 3.00 bits per heavy atom. The summed E-state index contributed by atoms with van der Waals surface area (Å²) in [7, 11) is 0. The third-order valence-corrected chi connectivity index (χ3v) is 2.83. The molecular formula is C13H19NO. The molecule has 1 heterocycles. The van der Waals surface area contributed by atoms with Crippen LogP contribution in [0.2, 0.25) is 0 Å². The van der Waals surface area contributed by atoms with Crippen LogP contribution in [-0.2, 0) is 0 Å². The van der Waals surface area contributed by atoms with Gasteiger partial charge in [-0.1, -0.05) is 25.1 Å². The Hall–Kier alpha value is -1.02. The lowest BCUT2D eigenvalue weighted by Crippen LogP contribution is -2.31. The first-order chi connectivity index (χ1) is 7.31. The zero-order valence-corrected chi connectivity index (χ0v) is 9.49. The van der Waals surface area contributed by atoms with E-state index >= 15 is 0 Å². The minimum Gasteiger partial charge on any atom is -0.490 e. The molecule has 15 heavy (non-hydrogen) atoms. The minimum atomic E-state index is 0.314. The molecule has 2 nitrogen and oxygen atoms in total. The molecule has 1 aliphatic rings. The maximum absolute atomic E-state index is 5.80. The van der Waals surface area contributed by atoms with E-state index in [1.54, 1.807) is 0 Å². The van der Waals surface area contributed by atoms with Gasteiger partial charge in [0.1, 0.15) is 5.75 Å². The number of hydrogen-bond donors (Lipinski definition) is 1. The Morgan fingerprint density at radius 1 is 1.40 bits per heavy atom. The van der Waals surface area contributed by atoms with Crippen molar-refractivity contribution in [3.63, 3.8) is 0 Å². The van der Waals surface area contributed by atoms with E-state index in [1.807, 2.05) is 6.07 Å². The largest absolute Gasteiger partial charge is 0.490 e. The van der Waals surface area contributed by atoms with Gasteiger partial charge in [0.15, 0.2) is 0 Å². The van der Waals surface area contributed by atoms with Crippen LogP contribution in [0.4, 0.5) is 0 Å². The van der Waals surface area contributed by atoms with Gasteiger partial charge in [-0.2, -0.15) is 0 Å². The second-order valence-corrected chi connectivity index (χ2v) is 4.21. The van der Waals surface area contributed by atoms with Gasteiger partial charge in [-0.25, -0.2) is 0 Å². The Kier molecular flexibility index (Phi) is 3.27. The number of rotatable bonds is 3. The van der Waals surface area contributed by atoms with Gasteiger partial charge in [0, 0.05) is 18.0 Å². The van der Waals surface area contributed by atoms with E-state index in [1.165, 1.54) is 12.0 Å². The van der Waals surface area contributed by atoms with Crippen LogP contribution in [0.15, 0.2) is 24.3 Å². The first kappa shape index (κ1) is 10.5. The summed E-state index contributed by atoms with van der Waals surface area (Å²) in [5, 5.41) is 3.58. The number of hydrogen-bond acceptors (Lipinski definition) is 2. The van der Waals surface area contributed by atoms with Gasteiger partial charge < -0.3 is 10.1 Å². The molecule has 82 valence electrons. The summed E-state index contributed by atoms with van der Waals surface area (Å²) in [6.07, 6.45) is 2.56. The highest BCUT2D eigenvalue weighted by Crippen LogP contribution is 2.34. The standard InChI is InChI=1S/C13H19NO/c1-3-8-14-12-9-10(2)15-13-7-5-4-6-11(12)13/h4-7,10,12,14H,3,8-9H2,1-2H3. The monoisotopic (exact) mass is 205 g/mol. The molecule has 0 amide bonds. The molecule has 1 N–H and O–H groups in total. The Bertz CT molecular complexity index is 324.